The van der Waals surface area contributed by atoms with E-state index in [1.54, 1.807) is 18.3 Å². The zero-order valence-corrected chi connectivity index (χ0v) is 8.40. The lowest BCUT2D eigenvalue weighted by molar-refractivity contribution is 0.373. The first-order valence-electron chi connectivity index (χ1n) is 4.53. The molecule has 0 spiro atoms. The van der Waals surface area contributed by atoms with Crippen molar-refractivity contribution in [2.45, 2.75) is 0 Å². The Morgan fingerprint density at radius 1 is 1.40 bits per heavy atom. The molecule has 0 radical (unpaired) electrons. The minimum atomic E-state index is 0.131. The first kappa shape index (κ1) is 9.52. The van der Waals surface area contributed by atoms with Crippen LogP contribution < -0.4 is 4.74 Å². The zero-order chi connectivity index (χ0) is 10.8. The van der Waals surface area contributed by atoms with Crippen molar-refractivity contribution in [3.05, 3.63) is 42.1 Å². The molecule has 1 aliphatic rings. The third kappa shape index (κ3) is 1.64. The van der Waals surface area contributed by atoms with Crippen LogP contribution in [0, 0.1) is 0 Å². The van der Waals surface area contributed by atoms with Crippen molar-refractivity contribution in [1.29, 1.82) is 0 Å². The fraction of sp³-hybridized carbons (Fsp3) is 0.0833. The van der Waals surface area contributed by atoms with Crippen LogP contribution in [0.3, 0.4) is 0 Å². The number of hydrogen-bond donors (Lipinski definition) is 1. The molecule has 3 nitrogen and oxygen atoms in total. The van der Waals surface area contributed by atoms with Gasteiger partial charge in [-0.05, 0) is 23.8 Å². The molecule has 0 bridgehead atoms. The number of hydrogen-bond acceptors (Lipinski definition) is 3. The Balaban J connectivity index is 2.42. The van der Waals surface area contributed by atoms with Gasteiger partial charge >= 0.3 is 0 Å². The van der Waals surface area contributed by atoms with Crippen molar-refractivity contribution in [3.8, 4) is 11.5 Å². The van der Waals surface area contributed by atoms with Crippen molar-refractivity contribution in [2.75, 3.05) is 7.11 Å². The molecular formula is C12H11NO2. The number of rotatable bonds is 2. The Morgan fingerprint density at radius 2 is 2.20 bits per heavy atom. The maximum atomic E-state index is 9.45. The Labute approximate surface area is 88.0 Å². The first-order valence-corrected chi connectivity index (χ1v) is 4.53. The van der Waals surface area contributed by atoms with Crippen LogP contribution in [-0.2, 0) is 0 Å². The Bertz CT molecular complexity index is 473. The molecule has 15 heavy (non-hydrogen) atoms. The van der Waals surface area contributed by atoms with Gasteiger partial charge in [0.2, 0.25) is 0 Å². The van der Waals surface area contributed by atoms with Gasteiger partial charge in [-0.2, -0.15) is 0 Å². The average Bonchev–Trinajstić information content (AvgIpc) is 2.65. The van der Waals surface area contributed by atoms with E-state index < -0.39 is 0 Å². The number of phenolic OH excluding ortho intramolecular Hbond substituents is 1. The smallest absolute Gasteiger partial charge is 0.161 e. The summed E-state index contributed by atoms with van der Waals surface area (Å²) in [5.74, 6) is 0.583. The molecule has 1 heterocycles. The quantitative estimate of drug-likeness (QED) is 0.798. The van der Waals surface area contributed by atoms with Gasteiger partial charge in [0.1, 0.15) is 0 Å². The van der Waals surface area contributed by atoms with Crippen LogP contribution in [-0.4, -0.2) is 18.4 Å². The molecule has 0 aliphatic carbocycles. The van der Waals surface area contributed by atoms with E-state index in [-0.39, 0.29) is 5.75 Å². The van der Waals surface area contributed by atoms with Crippen LogP contribution in [0.4, 0.5) is 0 Å². The van der Waals surface area contributed by atoms with E-state index in [0.717, 1.165) is 16.8 Å². The predicted molar refractivity (Wildman–Crippen MR) is 60.3 cm³/mol. The molecule has 2 rings (SSSR count). The summed E-state index contributed by atoms with van der Waals surface area (Å²) in [5, 5.41) is 9.45. The normalized spacial score (nSPS) is 14.2. The minimum Gasteiger partial charge on any atom is -0.504 e. The van der Waals surface area contributed by atoms with Gasteiger partial charge in [-0.25, -0.2) is 0 Å². The largest absolute Gasteiger partial charge is 0.504 e. The molecule has 3 heteroatoms. The summed E-state index contributed by atoms with van der Waals surface area (Å²) in [6, 6.07) is 5.17. The Hall–Kier alpha value is -2.03. The molecule has 1 N–H and O–H groups in total. The molecule has 1 aromatic rings. The number of aromatic hydroxyl groups is 1. The van der Waals surface area contributed by atoms with E-state index in [1.165, 1.54) is 7.11 Å². The highest BCUT2D eigenvalue weighted by atomic mass is 16.5. The van der Waals surface area contributed by atoms with E-state index in [9.17, 15) is 5.11 Å². The van der Waals surface area contributed by atoms with Gasteiger partial charge in [0, 0.05) is 11.8 Å². The van der Waals surface area contributed by atoms with E-state index in [1.807, 2.05) is 12.1 Å². The summed E-state index contributed by atoms with van der Waals surface area (Å²) in [6.07, 6.45) is 3.59. The summed E-state index contributed by atoms with van der Waals surface area (Å²) in [5.41, 5.74) is 2.61. The van der Waals surface area contributed by atoms with E-state index in [0.29, 0.717) is 5.75 Å². The average molecular weight is 201 g/mol. The SMILES string of the molecule is C=C1N=CC=C1c1ccc(O)c(OC)c1. The van der Waals surface area contributed by atoms with Crippen LogP contribution in [0.25, 0.3) is 5.57 Å². The topological polar surface area (TPSA) is 41.8 Å². The van der Waals surface area contributed by atoms with Gasteiger partial charge in [-0.1, -0.05) is 12.6 Å². The van der Waals surface area contributed by atoms with E-state index in [2.05, 4.69) is 11.6 Å². The van der Waals surface area contributed by atoms with Gasteiger partial charge in [0.15, 0.2) is 11.5 Å². The molecule has 1 aromatic carbocycles. The standard InChI is InChI=1S/C12H11NO2/c1-8-10(5-6-13-8)9-3-4-11(14)12(7-9)15-2/h3-7,14H,1H2,2H3. The van der Waals surface area contributed by atoms with Crippen LogP contribution in [0.1, 0.15) is 5.56 Å². The van der Waals surface area contributed by atoms with Gasteiger partial charge < -0.3 is 9.84 Å². The third-order valence-corrected chi connectivity index (χ3v) is 2.27. The van der Waals surface area contributed by atoms with E-state index >= 15 is 0 Å². The predicted octanol–water partition coefficient (Wildman–Crippen LogP) is 2.38. The second-order valence-corrected chi connectivity index (χ2v) is 3.19. The summed E-state index contributed by atoms with van der Waals surface area (Å²) in [7, 11) is 1.52. The maximum absolute atomic E-state index is 9.45. The molecule has 0 saturated carbocycles. The number of methoxy groups -OCH3 is 1. The highest BCUT2D eigenvalue weighted by Gasteiger charge is 2.11. The summed E-state index contributed by atoms with van der Waals surface area (Å²) in [4.78, 5) is 4.06. The monoisotopic (exact) mass is 201 g/mol. The van der Waals surface area contributed by atoms with Gasteiger partial charge in [0.25, 0.3) is 0 Å². The zero-order valence-electron chi connectivity index (χ0n) is 8.40. The number of benzene rings is 1. The van der Waals surface area contributed by atoms with Crippen LogP contribution in [0.5, 0.6) is 11.5 Å². The number of allylic oxidation sites excluding steroid dienone is 2. The van der Waals surface area contributed by atoms with Crippen molar-refractivity contribution >= 4 is 11.8 Å². The van der Waals surface area contributed by atoms with Crippen molar-refractivity contribution < 1.29 is 9.84 Å². The minimum absolute atomic E-state index is 0.131. The molecule has 0 saturated heterocycles. The van der Waals surface area contributed by atoms with Crippen molar-refractivity contribution in [3.63, 3.8) is 0 Å². The van der Waals surface area contributed by atoms with Gasteiger partial charge in [-0.15, -0.1) is 0 Å². The molecule has 0 aromatic heterocycles. The molecule has 0 atom stereocenters. The molecule has 0 amide bonds. The summed E-state index contributed by atoms with van der Waals surface area (Å²) >= 11 is 0. The lowest BCUT2D eigenvalue weighted by Crippen LogP contribution is -1.88. The highest BCUT2D eigenvalue weighted by Crippen LogP contribution is 2.32. The lowest BCUT2D eigenvalue weighted by atomic mass is 10.0. The second kappa shape index (κ2) is 3.61. The van der Waals surface area contributed by atoms with Crippen LogP contribution in [0.2, 0.25) is 0 Å². The molecule has 0 unspecified atom stereocenters. The van der Waals surface area contributed by atoms with Crippen LogP contribution >= 0.6 is 0 Å². The number of aliphatic imine (C=N–C) groups is 1. The third-order valence-electron chi connectivity index (χ3n) is 2.27. The molecule has 0 fully saturated rings. The van der Waals surface area contributed by atoms with Crippen LogP contribution in [0.15, 0.2) is 41.5 Å². The lowest BCUT2D eigenvalue weighted by Gasteiger charge is -2.07. The number of ether oxygens (including phenoxy) is 1. The van der Waals surface area contributed by atoms with Gasteiger partial charge in [0.05, 0.1) is 12.8 Å². The molecule has 1 aliphatic heterocycles. The van der Waals surface area contributed by atoms with Gasteiger partial charge in [-0.3, -0.25) is 4.99 Å². The number of nitrogens with zero attached hydrogens (tertiary/aromatic N) is 1. The molecule has 76 valence electrons. The summed E-state index contributed by atoms with van der Waals surface area (Å²) < 4.78 is 5.03. The highest BCUT2D eigenvalue weighted by molar-refractivity contribution is 5.97. The fourth-order valence-corrected chi connectivity index (χ4v) is 1.48. The first-order chi connectivity index (χ1) is 7.22. The fourth-order valence-electron chi connectivity index (χ4n) is 1.48. The van der Waals surface area contributed by atoms with Crippen molar-refractivity contribution in [2.24, 2.45) is 4.99 Å². The number of phenols is 1. The van der Waals surface area contributed by atoms with E-state index in [4.69, 9.17) is 4.74 Å². The van der Waals surface area contributed by atoms with Crippen molar-refractivity contribution in [1.82, 2.24) is 0 Å². The maximum Gasteiger partial charge on any atom is 0.161 e. The second-order valence-electron chi connectivity index (χ2n) is 3.19. The summed E-state index contributed by atoms with van der Waals surface area (Å²) in [6.45, 7) is 3.82. The Kier molecular flexibility index (Phi) is 2.29. The Morgan fingerprint density at radius 3 is 2.80 bits per heavy atom. The molecular weight excluding hydrogens is 190 g/mol.